The number of amides is 2. The number of fused-ring (bicyclic) bond motifs is 2. The summed E-state index contributed by atoms with van der Waals surface area (Å²) in [5.74, 6) is -2.96. The van der Waals surface area contributed by atoms with E-state index in [1.165, 1.54) is 40.3 Å². The predicted octanol–water partition coefficient (Wildman–Crippen LogP) is 0.795. The van der Waals surface area contributed by atoms with Crippen LogP contribution in [0, 0.1) is 5.82 Å². The number of aromatic nitrogens is 7. The van der Waals surface area contributed by atoms with Gasteiger partial charge in [-0.05, 0) is 59.3 Å². The molecule has 1 aromatic carbocycles. The number of hydrogen-bond acceptors (Lipinski definition) is 15. The van der Waals surface area contributed by atoms with Crippen molar-refractivity contribution in [2.45, 2.75) is 28.6 Å². The van der Waals surface area contributed by atoms with Crippen molar-refractivity contribution in [3.63, 3.8) is 0 Å². The van der Waals surface area contributed by atoms with Crippen molar-refractivity contribution in [1.82, 2.24) is 44.8 Å². The minimum atomic E-state index is -1.27. The Kier molecular flexibility index (Phi) is 7.62. The Morgan fingerprint density at radius 2 is 2.07 bits per heavy atom. The Bertz CT molecular complexity index is 1810. The van der Waals surface area contributed by atoms with E-state index in [-0.39, 0.29) is 39.1 Å². The molecular weight excluding hydrogens is 626 g/mol. The van der Waals surface area contributed by atoms with Gasteiger partial charge in [0.25, 0.3) is 11.8 Å². The molecule has 2 unspecified atom stereocenters. The molecule has 43 heavy (non-hydrogen) atoms. The van der Waals surface area contributed by atoms with Gasteiger partial charge in [0.05, 0.1) is 0 Å². The smallest absolute Gasteiger partial charge is 0.352 e. The molecule has 20 heteroatoms. The molecule has 0 radical (unpaired) electrons. The number of nitrogens with one attached hydrogen (secondary N) is 1. The molecule has 16 nitrogen and oxygen atoms in total. The van der Waals surface area contributed by atoms with E-state index in [4.69, 9.17) is 10.6 Å². The lowest BCUT2D eigenvalue weighted by Gasteiger charge is -2.49. The number of rotatable bonds is 9. The normalized spacial score (nSPS) is 19.2. The number of carboxylic acid groups (broad SMARTS) is 1. The maximum Gasteiger partial charge on any atom is 0.352 e. The third-order valence-electron chi connectivity index (χ3n) is 6.24. The highest BCUT2D eigenvalue weighted by Gasteiger charge is 2.55. The maximum atomic E-state index is 13.3. The highest BCUT2D eigenvalue weighted by atomic mass is 32.2. The number of nitrogens with two attached hydrogens (primary N) is 1. The van der Waals surface area contributed by atoms with Crippen LogP contribution in [0.5, 0.6) is 5.75 Å². The van der Waals surface area contributed by atoms with Gasteiger partial charge in [0.2, 0.25) is 11.5 Å². The Labute approximate surface area is 252 Å². The van der Waals surface area contributed by atoms with E-state index in [0.717, 1.165) is 28.6 Å². The minimum absolute atomic E-state index is 0.0647. The number of β-lactam (4-membered cyclic amide) rings is 1. The van der Waals surface area contributed by atoms with Crippen LogP contribution < -0.4 is 15.9 Å². The zero-order valence-corrected chi connectivity index (χ0v) is 24.1. The summed E-state index contributed by atoms with van der Waals surface area (Å²) >= 11 is 3.42. The van der Waals surface area contributed by atoms with Crippen LogP contribution in [0.4, 0.5) is 9.52 Å². The van der Waals surface area contributed by atoms with Gasteiger partial charge in [-0.3, -0.25) is 14.5 Å². The van der Waals surface area contributed by atoms with Gasteiger partial charge in [0, 0.05) is 22.5 Å². The molecule has 0 saturated carbocycles. The number of thioether (sulfide) groups is 2. The van der Waals surface area contributed by atoms with E-state index in [1.54, 1.807) is 12.1 Å². The second-order valence-electron chi connectivity index (χ2n) is 8.94. The molecule has 3 atom stereocenters. The zero-order chi connectivity index (χ0) is 30.2. The zero-order valence-electron chi connectivity index (χ0n) is 21.7. The van der Waals surface area contributed by atoms with Crippen LogP contribution >= 0.6 is 35.1 Å². The molecule has 2 aliphatic heterocycles. The third-order valence-corrected chi connectivity index (χ3v) is 9.19. The second kappa shape index (κ2) is 11.5. The fraction of sp³-hybridized carbons (Fsp3) is 0.217. The van der Waals surface area contributed by atoms with Crippen LogP contribution in [-0.2, 0) is 14.4 Å². The number of benzene rings is 1. The van der Waals surface area contributed by atoms with Crippen LogP contribution in [0.3, 0.4) is 0 Å². The summed E-state index contributed by atoms with van der Waals surface area (Å²) in [5, 5.41) is 31.5. The number of carbonyl (C=O) groups is 3. The van der Waals surface area contributed by atoms with Crippen molar-refractivity contribution in [1.29, 1.82) is 0 Å². The quantitative estimate of drug-likeness (QED) is 0.0995. The highest BCUT2D eigenvalue weighted by molar-refractivity contribution is 8.01. The van der Waals surface area contributed by atoms with Crippen LogP contribution in [-0.4, -0.2) is 90.5 Å². The second-order valence-corrected chi connectivity index (χ2v) is 12.2. The lowest BCUT2D eigenvalue weighted by atomic mass is 10.0. The summed E-state index contributed by atoms with van der Waals surface area (Å²) in [6.45, 7) is 1.81. The number of oxime groups is 1. The molecule has 5 heterocycles. The van der Waals surface area contributed by atoms with E-state index in [9.17, 15) is 23.9 Å². The number of nitrogen functional groups attached to an aromatic ring is 1. The average molecular weight is 644 g/mol. The largest absolute Gasteiger partial charge is 0.477 e. The summed E-state index contributed by atoms with van der Waals surface area (Å²) in [7, 11) is 0. The summed E-state index contributed by atoms with van der Waals surface area (Å²) in [6.07, 6.45) is 0. The molecule has 6 rings (SSSR count). The summed E-state index contributed by atoms with van der Waals surface area (Å²) in [4.78, 5) is 49.3. The van der Waals surface area contributed by atoms with E-state index in [2.05, 4.69) is 40.5 Å². The number of hydrogen-bond donors (Lipinski definition) is 3. The molecule has 2 amide bonds. The lowest BCUT2D eigenvalue weighted by Crippen LogP contribution is -2.71. The molecule has 1 fully saturated rings. The number of carboxylic acids is 1. The fourth-order valence-corrected chi connectivity index (χ4v) is 7.20. The Balaban J connectivity index is 1.20. The molecule has 4 aromatic rings. The van der Waals surface area contributed by atoms with Gasteiger partial charge in [-0.2, -0.15) is 9.36 Å². The van der Waals surface area contributed by atoms with Gasteiger partial charge in [-0.25, -0.2) is 9.18 Å². The van der Waals surface area contributed by atoms with Crippen LogP contribution in [0.1, 0.15) is 12.7 Å². The van der Waals surface area contributed by atoms with Crippen molar-refractivity contribution < 1.29 is 28.7 Å². The first kappa shape index (κ1) is 28.4. The van der Waals surface area contributed by atoms with E-state index < -0.39 is 35.0 Å². The van der Waals surface area contributed by atoms with E-state index in [1.807, 2.05) is 6.92 Å². The molecule has 220 valence electrons. The minimum Gasteiger partial charge on any atom is -0.477 e. The van der Waals surface area contributed by atoms with Gasteiger partial charge in [0.1, 0.15) is 28.0 Å². The standard InChI is InChI=1S/C23H18FN11O5S3/c1-9(42-14-7-6-13-28-32-33-35(13)29-14)12-8-41-21-16(20(37)34(21)17(12)22(38)39)26-19(36)15(18-27-23(25)43-31-18)30-40-11-4-2-10(24)3-5-11/h2-7,9,16,21H,8H2,1H3,(H,26,36)(H,38,39)(H2,25,27,31)/b30-15-/t9?,16?,21-/m1/s1. The fourth-order valence-electron chi connectivity index (χ4n) is 4.22. The third kappa shape index (κ3) is 5.58. The maximum absolute atomic E-state index is 13.3. The van der Waals surface area contributed by atoms with Crippen LogP contribution in [0.25, 0.3) is 5.65 Å². The molecule has 0 aliphatic carbocycles. The first-order valence-electron chi connectivity index (χ1n) is 12.2. The van der Waals surface area contributed by atoms with Crippen LogP contribution in [0.2, 0.25) is 0 Å². The van der Waals surface area contributed by atoms with Crippen molar-refractivity contribution >= 4 is 69.3 Å². The Hall–Kier alpha value is -4.69. The highest BCUT2D eigenvalue weighted by Crippen LogP contribution is 2.43. The SMILES string of the molecule is CC(Sc1ccc2nnnn2n1)C1=C(C(=O)O)N2C(=O)C(NC(=O)/C(=N\Oc3ccc(F)cc3)c3nsc(N)n3)[C@H]2SC1. The molecule has 2 aliphatic rings. The number of nitrogens with zero attached hydrogens (tertiary/aromatic N) is 9. The summed E-state index contributed by atoms with van der Waals surface area (Å²) < 4.78 is 18.5. The van der Waals surface area contributed by atoms with Gasteiger partial charge < -0.3 is 21.0 Å². The van der Waals surface area contributed by atoms with Gasteiger partial charge >= 0.3 is 5.97 Å². The first-order valence-corrected chi connectivity index (χ1v) is 14.9. The predicted molar refractivity (Wildman–Crippen MR) is 151 cm³/mol. The molecular formula is C23H18FN11O5S3. The van der Waals surface area contributed by atoms with Gasteiger partial charge in [-0.1, -0.05) is 16.9 Å². The first-order chi connectivity index (χ1) is 20.7. The number of aliphatic carboxylic acids is 1. The van der Waals surface area contributed by atoms with E-state index >= 15 is 0 Å². The lowest BCUT2D eigenvalue weighted by molar-refractivity contribution is -0.150. The molecule has 4 N–H and O–H groups in total. The van der Waals surface area contributed by atoms with Crippen molar-refractivity contribution in [3.8, 4) is 5.75 Å². The van der Waals surface area contributed by atoms with Crippen molar-refractivity contribution in [3.05, 3.63) is 59.3 Å². The molecule has 1 saturated heterocycles. The topological polar surface area (TPSA) is 216 Å². The van der Waals surface area contributed by atoms with Crippen LogP contribution in [0.15, 0.2) is 57.9 Å². The molecule has 3 aromatic heterocycles. The van der Waals surface area contributed by atoms with Crippen molar-refractivity contribution in [2.75, 3.05) is 11.5 Å². The van der Waals surface area contributed by atoms with E-state index in [0.29, 0.717) is 16.2 Å². The number of halogens is 1. The number of carbonyl (C=O) groups excluding carboxylic acids is 2. The Morgan fingerprint density at radius 3 is 2.79 bits per heavy atom. The number of anilines is 1. The number of tetrazole rings is 1. The summed E-state index contributed by atoms with van der Waals surface area (Å²) in [5.41, 5.74) is 6.13. The van der Waals surface area contributed by atoms with Gasteiger partial charge in [0.15, 0.2) is 16.5 Å². The molecule has 0 bridgehead atoms. The summed E-state index contributed by atoms with van der Waals surface area (Å²) in [6, 6.07) is 7.25. The van der Waals surface area contributed by atoms with Crippen molar-refractivity contribution in [2.24, 2.45) is 5.16 Å². The molecule has 0 spiro atoms. The Morgan fingerprint density at radius 1 is 1.28 bits per heavy atom. The monoisotopic (exact) mass is 643 g/mol. The van der Waals surface area contributed by atoms with Gasteiger partial charge in [-0.15, -0.1) is 26.6 Å². The average Bonchev–Trinajstić information content (AvgIpc) is 3.64.